The van der Waals surface area contributed by atoms with Crippen LogP contribution in [0.4, 0.5) is 0 Å². The summed E-state index contributed by atoms with van der Waals surface area (Å²) in [5.74, 6) is -0.296. The molecule has 1 unspecified atom stereocenters. The Labute approximate surface area is 52.0 Å². The molecule has 1 aliphatic rings. The Morgan fingerprint density at radius 1 is 1.88 bits per heavy atom. The number of hydrogen-bond donors (Lipinski definition) is 1. The third-order valence-corrected chi connectivity index (χ3v) is 1.08. The second kappa shape index (κ2) is 1.70. The van der Waals surface area contributed by atoms with Crippen molar-refractivity contribution < 1.29 is 9.53 Å². The Morgan fingerprint density at radius 3 is 2.62 bits per heavy atom. The molecule has 0 bridgehead atoms. The molecular weight excluding hydrogens is 126 g/mol. The van der Waals surface area contributed by atoms with Gasteiger partial charge in [0.15, 0.2) is 0 Å². The van der Waals surface area contributed by atoms with Crippen molar-refractivity contribution in [3.8, 4) is 0 Å². The number of esters is 1. The number of thiocarbonyl (C=S) groups is 1. The van der Waals surface area contributed by atoms with Gasteiger partial charge >= 0.3 is 5.97 Å². The summed E-state index contributed by atoms with van der Waals surface area (Å²) in [4.78, 5) is 10.4. The molecular formula is C4H5NO2S. The van der Waals surface area contributed by atoms with Gasteiger partial charge in [0.2, 0.25) is 0 Å². The lowest BCUT2D eigenvalue weighted by molar-refractivity contribution is -0.134. The second-order valence-electron chi connectivity index (χ2n) is 1.57. The van der Waals surface area contributed by atoms with Crippen molar-refractivity contribution in [2.24, 2.45) is 0 Å². The van der Waals surface area contributed by atoms with E-state index < -0.39 is 0 Å². The van der Waals surface area contributed by atoms with Crippen molar-refractivity contribution in [2.45, 2.75) is 13.0 Å². The highest BCUT2D eigenvalue weighted by molar-refractivity contribution is 7.80. The second-order valence-corrected chi connectivity index (χ2v) is 1.95. The number of hydrogen-bond acceptors (Lipinski definition) is 3. The molecule has 0 aliphatic carbocycles. The Morgan fingerprint density at radius 2 is 2.50 bits per heavy atom. The van der Waals surface area contributed by atoms with E-state index >= 15 is 0 Å². The molecule has 1 N–H and O–H groups in total. The van der Waals surface area contributed by atoms with Crippen LogP contribution in [0.1, 0.15) is 6.92 Å². The van der Waals surface area contributed by atoms with E-state index in [0.717, 1.165) is 0 Å². The van der Waals surface area contributed by atoms with Crippen LogP contribution in [0, 0.1) is 0 Å². The van der Waals surface area contributed by atoms with Crippen LogP contribution in [0.5, 0.6) is 0 Å². The van der Waals surface area contributed by atoms with Crippen LogP contribution >= 0.6 is 12.2 Å². The molecule has 0 aromatic heterocycles. The number of carbonyl (C=O) groups excluding carboxylic acids is 1. The summed E-state index contributed by atoms with van der Waals surface area (Å²) in [5, 5.41) is 2.81. The van der Waals surface area contributed by atoms with E-state index in [-0.39, 0.29) is 17.2 Å². The van der Waals surface area contributed by atoms with Crippen molar-refractivity contribution in [2.75, 3.05) is 0 Å². The first-order chi connectivity index (χ1) is 3.70. The van der Waals surface area contributed by atoms with Crippen molar-refractivity contribution >= 4 is 23.4 Å². The van der Waals surface area contributed by atoms with E-state index in [1.807, 2.05) is 0 Å². The third kappa shape index (κ3) is 0.790. The lowest BCUT2D eigenvalue weighted by Crippen LogP contribution is -2.24. The van der Waals surface area contributed by atoms with Crippen LogP contribution in [0.2, 0.25) is 0 Å². The molecule has 3 nitrogen and oxygen atoms in total. The van der Waals surface area contributed by atoms with Gasteiger partial charge in [0, 0.05) is 0 Å². The lowest BCUT2D eigenvalue weighted by atomic mass is 10.4. The van der Waals surface area contributed by atoms with Gasteiger partial charge < -0.3 is 10.1 Å². The number of carbonyl (C=O) groups is 1. The first-order valence-electron chi connectivity index (χ1n) is 2.22. The molecule has 44 valence electrons. The van der Waals surface area contributed by atoms with Crippen LogP contribution in [-0.2, 0) is 9.53 Å². The van der Waals surface area contributed by atoms with E-state index in [9.17, 15) is 4.79 Å². The zero-order valence-electron chi connectivity index (χ0n) is 4.30. The summed E-state index contributed by atoms with van der Waals surface area (Å²) in [6, 6.07) is -0.262. The zero-order chi connectivity index (χ0) is 6.15. The Kier molecular flexibility index (Phi) is 1.17. The van der Waals surface area contributed by atoms with E-state index in [4.69, 9.17) is 0 Å². The quantitative estimate of drug-likeness (QED) is 0.365. The third-order valence-electron chi connectivity index (χ3n) is 0.881. The van der Waals surface area contributed by atoms with Gasteiger partial charge in [-0.15, -0.1) is 0 Å². The van der Waals surface area contributed by atoms with E-state index in [2.05, 4.69) is 22.3 Å². The maximum atomic E-state index is 10.4. The smallest absolute Gasteiger partial charge is 0.335 e. The molecule has 0 aromatic rings. The zero-order valence-corrected chi connectivity index (χ0v) is 5.12. The van der Waals surface area contributed by atoms with Gasteiger partial charge in [0.1, 0.15) is 6.04 Å². The van der Waals surface area contributed by atoms with E-state index in [1.54, 1.807) is 6.92 Å². The van der Waals surface area contributed by atoms with Gasteiger partial charge in [-0.1, -0.05) is 0 Å². The van der Waals surface area contributed by atoms with Crippen molar-refractivity contribution in [1.82, 2.24) is 5.32 Å². The van der Waals surface area contributed by atoms with Crippen LogP contribution in [0.3, 0.4) is 0 Å². The number of ether oxygens (including phenoxy) is 1. The number of nitrogens with one attached hydrogen (secondary N) is 1. The Balaban J connectivity index is 2.64. The molecule has 1 aliphatic heterocycles. The van der Waals surface area contributed by atoms with Gasteiger partial charge in [0.05, 0.1) is 0 Å². The van der Waals surface area contributed by atoms with Crippen LogP contribution < -0.4 is 5.32 Å². The molecule has 4 heteroatoms. The fraction of sp³-hybridized carbons (Fsp3) is 0.500. The van der Waals surface area contributed by atoms with E-state index in [0.29, 0.717) is 0 Å². The van der Waals surface area contributed by atoms with Crippen LogP contribution in [0.25, 0.3) is 0 Å². The molecule has 0 spiro atoms. The molecule has 1 atom stereocenters. The average Bonchev–Trinajstić information content (AvgIpc) is 1.85. The summed E-state index contributed by atoms with van der Waals surface area (Å²) in [6.07, 6.45) is 0. The standard InChI is InChI=1S/C4H5NO2S/c1-2-3(6)7-4(8)5-2/h2H,1H3,(H,5,8). The number of rotatable bonds is 0. The predicted octanol–water partition coefficient (Wildman–Crippen LogP) is -0.194. The Bertz CT molecular complexity index is 145. The Hall–Kier alpha value is -0.640. The molecule has 0 amide bonds. The number of cyclic esters (lactones) is 1. The molecule has 1 rings (SSSR count). The van der Waals surface area contributed by atoms with Gasteiger partial charge in [-0.2, -0.15) is 0 Å². The monoisotopic (exact) mass is 131 g/mol. The largest absolute Gasteiger partial charge is 0.398 e. The molecule has 1 heterocycles. The highest BCUT2D eigenvalue weighted by Crippen LogP contribution is 1.97. The predicted molar refractivity (Wildman–Crippen MR) is 31.3 cm³/mol. The van der Waals surface area contributed by atoms with Crippen molar-refractivity contribution in [3.63, 3.8) is 0 Å². The maximum absolute atomic E-state index is 10.4. The van der Waals surface area contributed by atoms with Gasteiger partial charge in [0.25, 0.3) is 5.17 Å². The molecule has 8 heavy (non-hydrogen) atoms. The van der Waals surface area contributed by atoms with E-state index in [1.165, 1.54) is 0 Å². The molecule has 0 aromatic carbocycles. The normalized spacial score (nSPS) is 27.4. The molecule has 1 fully saturated rings. The fourth-order valence-corrected chi connectivity index (χ4v) is 0.704. The fourth-order valence-electron chi connectivity index (χ4n) is 0.445. The minimum absolute atomic E-state index is 0.183. The SMILES string of the molecule is CC1NC(=S)OC1=O. The maximum Gasteiger partial charge on any atom is 0.335 e. The minimum atomic E-state index is -0.296. The molecule has 0 saturated carbocycles. The summed E-state index contributed by atoms with van der Waals surface area (Å²) in [5.41, 5.74) is 0. The topological polar surface area (TPSA) is 38.3 Å². The molecule has 1 saturated heterocycles. The summed E-state index contributed by atoms with van der Waals surface area (Å²) in [6.45, 7) is 1.70. The summed E-state index contributed by atoms with van der Waals surface area (Å²) in [7, 11) is 0. The van der Waals surface area contributed by atoms with Gasteiger partial charge in [-0.3, -0.25) is 0 Å². The highest BCUT2D eigenvalue weighted by Gasteiger charge is 2.24. The summed E-state index contributed by atoms with van der Waals surface area (Å²) >= 11 is 4.52. The van der Waals surface area contributed by atoms with Gasteiger partial charge in [-0.25, -0.2) is 4.79 Å². The van der Waals surface area contributed by atoms with Crippen LogP contribution in [-0.4, -0.2) is 17.2 Å². The first kappa shape index (κ1) is 5.50. The molecule has 0 radical (unpaired) electrons. The minimum Gasteiger partial charge on any atom is -0.398 e. The van der Waals surface area contributed by atoms with Gasteiger partial charge in [-0.05, 0) is 19.1 Å². The van der Waals surface area contributed by atoms with Crippen molar-refractivity contribution in [3.05, 3.63) is 0 Å². The lowest BCUT2D eigenvalue weighted by Gasteiger charge is -1.90. The average molecular weight is 131 g/mol. The first-order valence-corrected chi connectivity index (χ1v) is 2.63. The highest BCUT2D eigenvalue weighted by atomic mass is 32.1. The van der Waals surface area contributed by atoms with Crippen molar-refractivity contribution in [1.29, 1.82) is 0 Å². The van der Waals surface area contributed by atoms with Crippen LogP contribution in [0.15, 0.2) is 0 Å². The summed E-state index contributed by atoms with van der Waals surface area (Å²) < 4.78 is 4.45.